The van der Waals surface area contributed by atoms with Gasteiger partial charge in [-0.2, -0.15) is 0 Å². The van der Waals surface area contributed by atoms with Gasteiger partial charge in [0.1, 0.15) is 11.5 Å². The minimum Gasteiger partial charge on any atom is -0.497 e. The van der Waals surface area contributed by atoms with Gasteiger partial charge in [-0.25, -0.2) is 0 Å². The van der Waals surface area contributed by atoms with Gasteiger partial charge < -0.3 is 24.3 Å². The van der Waals surface area contributed by atoms with Gasteiger partial charge in [0.15, 0.2) is 5.11 Å². The Labute approximate surface area is 167 Å². The van der Waals surface area contributed by atoms with Crippen LogP contribution < -0.4 is 10.1 Å². The summed E-state index contributed by atoms with van der Waals surface area (Å²) in [7, 11) is 1.67. The van der Waals surface area contributed by atoms with Crippen molar-refractivity contribution >= 4 is 23.0 Å². The molecule has 1 saturated heterocycles. The third-order valence-corrected chi connectivity index (χ3v) is 5.30. The van der Waals surface area contributed by atoms with Crippen LogP contribution in [0.15, 0.2) is 47.1 Å². The lowest BCUT2D eigenvalue weighted by molar-refractivity contribution is 0.247. The molecule has 2 aromatic rings. The second-order valence-electron chi connectivity index (χ2n) is 6.92. The highest BCUT2D eigenvalue weighted by molar-refractivity contribution is 7.80. The van der Waals surface area contributed by atoms with E-state index in [1.807, 2.05) is 36.4 Å². The standard InChI is InChI=1S/C21H29N3O2S/c1-25-19-10-8-18(9-11-19)22-21(27)24(17-20-7-6-16-26-20)15-14-23-12-4-2-3-5-13-23/h6-11,16H,2-5,12-15,17H2,1H3,(H,22,27). The first-order valence-corrected chi connectivity index (χ1v) is 10.1. The molecule has 0 bridgehead atoms. The van der Waals surface area contributed by atoms with E-state index in [-0.39, 0.29) is 0 Å². The van der Waals surface area contributed by atoms with Crippen molar-refractivity contribution in [3.8, 4) is 5.75 Å². The van der Waals surface area contributed by atoms with Gasteiger partial charge in [0.25, 0.3) is 0 Å². The molecule has 1 N–H and O–H groups in total. The lowest BCUT2D eigenvalue weighted by atomic mass is 10.2. The molecule has 146 valence electrons. The van der Waals surface area contributed by atoms with Crippen molar-refractivity contribution < 1.29 is 9.15 Å². The zero-order valence-electron chi connectivity index (χ0n) is 16.0. The van der Waals surface area contributed by atoms with Gasteiger partial charge in [0, 0.05) is 18.8 Å². The molecule has 5 nitrogen and oxygen atoms in total. The van der Waals surface area contributed by atoms with Crippen LogP contribution in [0.25, 0.3) is 0 Å². The van der Waals surface area contributed by atoms with Gasteiger partial charge >= 0.3 is 0 Å². The number of furan rings is 1. The SMILES string of the molecule is COc1ccc(NC(=S)N(CCN2CCCCCC2)Cc2ccco2)cc1. The van der Waals surface area contributed by atoms with E-state index in [1.165, 1.54) is 38.8 Å². The number of thiocarbonyl (C=S) groups is 1. The molecule has 27 heavy (non-hydrogen) atoms. The van der Waals surface area contributed by atoms with Gasteiger partial charge in [-0.3, -0.25) is 0 Å². The fraction of sp³-hybridized carbons (Fsp3) is 0.476. The summed E-state index contributed by atoms with van der Waals surface area (Å²) >= 11 is 5.71. The Balaban J connectivity index is 1.61. The average molecular weight is 388 g/mol. The first-order chi connectivity index (χ1) is 13.2. The van der Waals surface area contributed by atoms with Crippen LogP contribution in [0.5, 0.6) is 5.75 Å². The predicted molar refractivity (Wildman–Crippen MR) is 113 cm³/mol. The van der Waals surface area contributed by atoms with Crippen molar-refractivity contribution in [1.82, 2.24) is 9.80 Å². The number of likely N-dealkylation sites (tertiary alicyclic amines) is 1. The molecule has 1 aromatic carbocycles. The van der Waals surface area contributed by atoms with Crippen LogP contribution in [0.2, 0.25) is 0 Å². The first kappa shape index (κ1) is 19.7. The van der Waals surface area contributed by atoms with Gasteiger partial charge in [-0.1, -0.05) is 12.8 Å². The van der Waals surface area contributed by atoms with Gasteiger partial charge in [-0.15, -0.1) is 0 Å². The zero-order valence-corrected chi connectivity index (χ0v) is 16.8. The molecule has 0 unspecified atom stereocenters. The van der Waals surface area contributed by atoms with Crippen LogP contribution in [0.1, 0.15) is 31.4 Å². The number of hydrogen-bond donors (Lipinski definition) is 1. The molecule has 1 aromatic heterocycles. The van der Waals surface area contributed by atoms with E-state index in [1.54, 1.807) is 13.4 Å². The number of anilines is 1. The number of nitrogens with zero attached hydrogens (tertiary/aromatic N) is 2. The maximum absolute atomic E-state index is 5.71. The molecule has 0 atom stereocenters. The molecule has 0 aliphatic carbocycles. The normalized spacial score (nSPS) is 15.1. The summed E-state index contributed by atoms with van der Waals surface area (Å²) in [5, 5.41) is 4.06. The Morgan fingerprint density at radius 1 is 1.15 bits per heavy atom. The summed E-state index contributed by atoms with van der Waals surface area (Å²) in [5.41, 5.74) is 0.958. The molecule has 1 aliphatic rings. The molecule has 1 aliphatic heterocycles. The Bertz CT molecular complexity index is 680. The van der Waals surface area contributed by atoms with E-state index in [0.717, 1.165) is 30.3 Å². The van der Waals surface area contributed by atoms with Crippen molar-refractivity contribution in [3.05, 3.63) is 48.4 Å². The molecule has 0 saturated carbocycles. The third kappa shape index (κ3) is 6.26. The molecule has 3 rings (SSSR count). The zero-order chi connectivity index (χ0) is 18.9. The molecular formula is C21H29N3O2S. The maximum atomic E-state index is 5.71. The smallest absolute Gasteiger partial charge is 0.173 e. The van der Waals surface area contributed by atoms with Gasteiger partial charge in [0.2, 0.25) is 0 Å². The minimum absolute atomic E-state index is 0.669. The van der Waals surface area contributed by atoms with Crippen molar-refractivity contribution in [2.24, 2.45) is 0 Å². The summed E-state index contributed by atoms with van der Waals surface area (Å²) < 4.78 is 10.8. The van der Waals surface area contributed by atoms with Crippen LogP contribution in [0, 0.1) is 0 Å². The first-order valence-electron chi connectivity index (χ1n) is 9.69. The van der Waals surface area contributed by atoms with E-state index >= 15 is 0 Å². The molecular weight excluding hydrogens is 358 g/mol. The Morgan fingerprint density at radius 2 is 1.89 bits per heavy atom. The van der Waals surface area contributed by atoms with E-state index in [2.05, 4.69) is 15.1 Å². The van der Waals surface area contributed by atoms with E-state index in [4.69, 9.17) is 21.4 Å². The lowest BCUT2D eigenvalue weighted by Gasteiger charge is -2.28. The Kier molecular flexibility index (Phi) is 7.54. The largest absolute Gasteiger partial charge is 0.497 e. The quantitative estimate of drug-likeness (QED) is 0.712. The predicted octanol–water partition coefficient (Wildman–Crippen LogP) is 4.36. The monoisotopic (exact) mass is 387 g/mol. The molecule has 2 heterocycles. The summed E-state index contributed by atoms with van der Waals surface area (Å²) in [4.78, 5) is 4.74. The Hall–Kier alpha value is -2.05. The summed E-state index contributed by atoms with van der Waals surface area (Å²) in [6, 6.07) is 11.7. The molecule has 1 fully saturated rings. The highest BCUT2D eigenvalue weighted by Gasteiger charge is 2.15. The second-order valence-corrected chi connectivity index (χ2v) is 7.30. The van der Waals surface area contributed by atoms with Crippen molar-refractivity contribution in [3.63, 3.8) is 0 Å². The van der Waals surface area contributed by atoms with Crippen LogP contribution in [0.4, 0.5) is 5.69 Å². The number of ether oxygens (including phenoxy) is 1. The van der Waals surface area contributed by atoms with Crippen molar-refractivity contribution in [1.29, 1.82) is 0 Å². The minimum atomic E-state index is 0.669. The number of methoxy groups -OCH3 is 1. The second kappa shape index (κ2) is 10.3. The molecule has 0 amide bonds. The van der Waals surface area contributed by atoms with Crippen LogP contribution in [-0.4, -0.2) is 48.2 Å². The van der Waals surface area contributed by atoms with Gasteiger partial charge in [0.05, 0.1) is 19.9 Å². The van der Waals surface area contributed by atoms with E-state index in [0.29, 0.717) is 11.7 Å². The fourth-order valence-electron chi connectivity index (χ4n) is 3.34. The highest BCUT2D eigenvalue weighted by Crippen LogP contribution is 2.17. The number of hydrogen-bond acceptors (Lipinski definition) is 4. The average Bonchev–Trinajstić information content (AvgIpc) is 3.07. The van der Waals surface area contributed by atoms with E-state index < -0.39 is 0 Å². The number of rotatable bonds is 7. The van der Waals surface area contributed by atoms with Gasteiger partial charge in [-0.05, 0) is 74.5 Å². The molecule has 6 heteroatoms. The van der Waals surface area contributed by atoms with E-state index in [9.17, 15) is 0 Å². The van der Waals surface area contributed by atoms with Crippen molar-refractivity contribution in [2.75, 3.05) is 38.6 Å². The third-order valence-electron chi connectivity index (χ3n) is 4.94. The topological polar surface area (TPSA) is 40.9 Å². The number of benzene rings is 1. The van der Waals surface area contributed by atoms with Crippen LogP contribution in [-0.2, 0) is 6.54 Å². The van der Waals surface area contributed by atoms with Crippen molar-refractivity contribution in [2.45, 2.75) is 32.2 Å². The van der Waals surface area contributed by atoms with Crippen LogP contribution in [0.3, 0.4) is 0 Å². The maximum Gasteiger partial charge on any atom is 0.173 e. The summed E-state index contributed by atoms with van der Waals surface area (Å²) in [6.45, 7) is 4.94. The molecule has 0 spiro atoms. The summed E-state index contributed by atoms with van der Waals surface area (Å²) in [5.74, 6) is 1.75. The molecule has 0 radical (unpaired) electrons. The number of nitrogens with one attached hydrogen (secondary N) is 1. The fourth-order valence-corrected chi connectivity index (χ4v) is 3.62. The summed E-state index contributed by atoms with van der Waals surface area (Å²) in [6.07, 6.45) is 7.01. The Morgan fingerprint density at radius 3 is 2.52 bits per heavy atom. The lowest BCUT2D eigenvalue weighted by Crippen LogP contribution is -2.40. The highest BCUT2D eigenvalue weighted by atomic mass is 32.1. The van der Waals surface area contributed by atoms with Crippen LogP contribution >= 0.6 is 12.2 Å².